The zero-order chi connectivity index (χ0) is 37.2. The lowest BCUT2D eigenvalue weighted by molar-refractivity contribution is 0.0946. The first-order chi connectivity index (χ1) is 24.8. The average Bonchev–Trinajstić information content (AvgIpc) is 3.52. The standard InChI is InChI=1S/C37H38F2N8O4S/c1-23-42-26(22-52-23)20-45-21-29(35(49)47(36(45)50)27-8-5-24(38)6-9-27)34(48)43-25-7-10-32(30(39)19-25)51-31-12-14-41-33(40)28(31)11-13-37(2,3)46-17-15-44(4)16-18-46/h5-10,12,14,19,21-23,42H,15-18,20H2,1-4H3,(H2,40,41)(H,43,48). The van der Waals surface area contributed by atoms with E-state index < -0.39 is 34.3 Å². The van der Waals surface area contributed by atoms with Crippen LogP contribution in [0.2, 0.25) is 0 Å². The summed E-state index contributed by atoms with van der Waals surface area (Å²) in [7, 11) is 2.08. The van der Waals surface area contributed by atoms with Crippen LogP contribution in [0.25, 0.3) is 5.69 Å². The molecule has 1 saturated heterocycles. The highest BCUT2D eigenvalue weighted by atomic mass is 32.2. The molecule has 2 aromatic carbocycles. The van der Waals surface area contributed by atoms with Crippen LogP contribution in [0.15, 0.2) is 81.6 Å². The summed E-state index contributed by atoms with van der Waals surface area (Å²) in [6.45, 7) is 9.63. The molecular weight excluding hydrogens is 691 g/mol. The zero-order valence-electron chi connectivity index (χ0n) is 29.1. The van der Waals surface area contributed by atoms with Crippen LogP contribution in [0.5, 0.6) is 11.5 Å². The summed E-state index contributed by atoms with van der Waals surface area (Å²) < 4.78 is 37.1. The lowest BCUT2D eigenvalue weighted by Crippen LogP contribution is -2.53. The van der Waals surface area contributed by atoms with Crippen LogP contribution in [0, 0.1) is 23.5 Å². The minimum absolute atomic E-state index is 0.0221. The first-order valence-electron chi connectivity index (χ1n) is 16.5. The summed E-state index contributed by atoms with van der Waals surface area (Å²) in [5.41, 5.74) is 4.78. The first kappa shape index (κ1) is 36.4. The summed E-state index contributed by atoms with van der Waals surface area (Å²) in [6.07, 6.45) is 2.59. The molecule has 0 bridgehead atoms. The topological polar surface area (TPSA) is 140 Å². The molecule has 4 aromatic rings. The van der Waals surface area contributed by atoms with E-state index >= 15 is 4.39 Å². The molecule has 0 saturated carbocycles. The molecule has 0 radical (unpaired) electrons. The number of carbonyl (C=O) groups is 1. The number of amides is 1. The van der Waals surface area contributed by atoms with Crippen LogP contribution in [0.3, 0.4) is 0 Å². The van der Waals surface area contributed by atoms with E-state index in [0.29, 0.717) is 11.3 Å². The minimum Gasteiger partial charge on any atom is -0.453 e. The molecule has 12 nitrogen and oxygen atoms in total. The number of thioether (sulfide) groups is 1. The number of likely N-dealkylation sites (N-methyl/N-ethyl adjacent to an activating group) is 1. The number of carbonyl (C=O) groups excluding carboxylic acids is 1. The molecule has 1 atom stereocenters. The predicted octanol–water partition coefficient (Wildman–Crippen LogP) is 4.20. The fourth-order valence-electron chi connectivity index (χ4n) is 5.78. The highest BCUT2D eigenvalue weighted by molar-refractivity contribution is 8.02. The zero-order valence-corrected chi connectivity index (χ0v) is 29.9. The highest BCUT2D eigenvalue weighted by Gasteiger charge is 2.28. The van der Waals surface area contributed by atoms with Gasteiger partial charge in [0.25, 0.3) is 11.5 Å². The van der Waals surface area contributed by atoms with Gasteiger partial charge in [-0.1, -0.05) is 11.8 Å². The van der Waals surface area contributed by atoms with E-state index in [1.165, 1.54) is 52.9 Å². The van der Waals surface area contributed by atoms with Crippen molar-refractivity contribution in [1.82, 2.24) is 29.2 Å². The SMILES string of the molecule is CC1NC(Cn2cc(C(=O)Nc3ccc(Oc4ccnc(N)c4C#CC(C)(C)N4CCN(C)CC4)c(F)c3)c(=O)n(-c3ccc(F)cc3)c2=O)=CS1. The number of hydrogen-bond donors (Lipinski definition) is 3. The summed E-state index contributed by atoms with van der Waals surface area (Å²) in [5, 5.41) is 7.68. The monoisotopic (exact) mass is 728 g/mol. The lowest BCUT2D eigenvalue weighted by atomic mass is 10.0. The quantitative estimate of drug-likeness (QED) is 0.226. The molecule has 270 valence electrons. The number of allylic oxidation sites excluding steroid dienone is 1. The molecule has 52 heavy (non-hydrogen) atoms. The number of nitrogens with one attached hydrogen (secondary N) is 2. The molecule has 1 fully saturated rings. The Morgan fingerprint density at radius 3 is 2.50 bits per heavy atom. The fourth-order valence-corrected chi connectivity index (χ4v) is 6.51. The van der Waals surface area contributed by atoms with Gasteiger partial charge in [-0.05, 0) is 69.6 Å². The molecule has 2 aliphatic heterocycles. The van der Waals surface area contributed by atoms with Crippen molar-refractivity contribution in [3.05, 3.63) is 116 Å². The molecule has 1 unspecified atom stereocenters. The van der Waals surface area contributed by atoms with Gasteiger partial charge in [0.05, 0.1) is 23.1 Å². The van der Waals surface area contributed by atoms with Crippen LogP contribution in [0.1, 0.15) is 36.7 Å². The molecule has 4 N–H and O–H groups in total. The van der Waals surface area contributed by atoms with Gasteiger partial charge in [0.2, 0.25) is 0 Å². The summed E-state index contributed by atoms with van der Waals surface area (Å²) in [4.78, 5) is 49.3. The van der Waals surface area contributed by atoms with E-state index in [-0.39, 0.29) is 46.2 Å². The van der Waals surface area contributed by atoms with Gasteiger partial charge in [-0.3, -0.25) is 19.1 Å². The van der Waals surface area contributed by atoms with Gasteiger partial charge < -0.3 is 26.0 Å². The number of nitrogens with two attached hydrogens (primary N) is 1. The maximum absolute atomic E-state index is 15.5. The molecule has 0 aliphatic carbocycles. The third kappa shape index (κ3) is 8.04. The number of halogens is 2. The van der Waals surface area contributed by atoms with Gasteiger partial charge in [-0.2, -0.15) is 0 Å². The van der Waals surface area contributed by atoms with Gasteiger partial charge in [-0.25, -0.2) is 23.1 Å². The fraction of sp³-hybridized carbons (Fsp3) is 0.297. The number of aromatic nitrogens is 3. The smallest absolute Gasteiger partial charge is 0.336 e. The van der Waals surface area contributed by atoms with Gasteiger partial charge in [0.1, 0.15) is 28.5 Å². The molecule has 2 aromatic heterocycles. The molecule has 0 spiro atoms. The van der Waals surface area contributed by atoms with Gasteiger partial charge >= 0.3 is 5.69 Å². The molecular formula is C37H38F2N8O4S. The van der Waals surface area contributed by atoms with Crippen molar-refractivity contribution in [1.29, 1.82) is 0 Å². The maximum atomic E-state index is 15.5. The van der Waals surface area contributed by atoms with Crippen LogP contribution in [-0.4, -0.2) is 74.0 Å². The Kier molecular flexibility index (Phi) is 10.5. The van der Waals surface area contributed by atoms with E-state index in [2.05, 4.69) is 44.3 Å². The molecule has 15 heteroatoms. The predicted molar refractivity (Wildman–Crippen MR) is 198 cm³/mol. The number of pyridine rings is 1. The number of anilines is 2. The number of ether oxygens (including phenoxy) is 1. The van der Waals surface area contributed by atoms with Gasteiger partial charge in [0, 0.05) is 62.1 Å². The molecule has 2 aliphatic rings. The number of hydrogen-bond acceptors (Lipinski definition) is 10. The Labute approximate surface area is 303 Å². The average molecular weight is 729 g/mol. The van der Waals surface area contributed by atoms with Crippen LogP contribution in [0.4, 0.5) is 20.3 Å². The second-order valence-electron chi connectivity index (χ2n) is 13.0. The third-order valence-electron chi connectivity index (χ3n) is 8.77. The van der Waals surface area contributed by atoms with E-state index in [1.807, 2.05) is 26.2 Å². The summed E-state index contributed by atoms with van der Waals surface area (Å²) >= 11 is 1.52. The van der Waals surface area contributed by atoms with Crippen molar-refractivity contribution in [2.75, 3.05) is 44.3 Å². The van der Waals surface area contributed by atoms with E-state index in [9.17, 15) is 18.8 Å². The minimum atomic E-state index is -0.929. The van der Waals surface area contributed by atoms with Crippen molar-refractivity contribution >= 4 is 29.2 Å². The number of nitrogens with zero attached hydrogens (tertiary/aromatic N) is 5. The first-order valence-corrected chi connectivity index (χ1v) is 17.5. The van der Waals surface area contributed by atoms with Crippen molar-refractivity contribution in [3.8, 4) is 29.0 Å². The lowest BCUT2D eigenvalue weighted by Gasteiger charge is -2.40. The van der Waals surface area contributed by atoms with Crippen LogP contribution in [-0.2, 0) is 6.54 Å². The Balaban J connectivity index is 1.25. The van der Waals surface area contributed by atoms with Crippen molar-refractivity contribution in [3.63, 3.8) is 0 Å². The largest absolute Gasteiger partial charge is 0.453 e. The Morgan fingerprint density at radius 1 is 1.10 bits per heavy atom. The second kappa shape index (κ2) is 15.0. The Hall–Kier alpha value is -5.43. The summed E-state index contributed by atoms with van der Waals surface area (Å²) in [5.74, 6) is 4.29. The summed E-state index contributed by atoms with van der Waals surface area (Å²) in [6, 6.07) is 10.1. The van der Waals surface area contributed by atoms with E-state index in [0.717, 1.165) is 55.1 Å². The Bertz CT molecular complexity index is 2220. The van der Waals surface area contributed by atoms with Crippen LogP contribution < -0.4 is 32.4 Å². The van der Waals surface area contributed by atoms with Gasteiger partial charge in [0.15, 0.2) is 11.6 Å². The van der Waals surface area contributed by atoms with Crippen molar-refractivity contribution in [2.24, 2.45) is 0 Å². The number of rotatable bonds is 8. The van der Waals surface area contributed by atoms with Crippen molar-refractivity contribution in [2.45, 2.75) is 38.2 Å². The highest BCUT2D eigenvalue weighted by Crippen LogP contribution is 2.31. The second-order valence-corrected chi connectivity index (χ2v) is 14.2. The molecule has 4 heterocycles. The number of piperazine rings is 1. The normalized spacial score (nSPS) is 16.4. The van der Waals surface area contributed by atoms with Crippen molar-refractivity contribution < 1.29 is 18.3 Å². The Morgan fingerprint density at radius 2 is 1.83 bits per heavy atom. The molecule has 6 rings (SSSR count). The van der Waals surface area contributed by atoms with E-state index in [1.54, 1.807) is 0 Å². The molecule has 1 amide bonds. The van der Waals surface area contributed by atoms with E-state index in [4.69, 9.17) is 10.5 Å². The number of nitrogen functional groups attached to an aromatic ring is 1. The maximum Gasteiger partial charge on any atom is 0.336 e. The van der Waals surface area contributed by atoms with Gasteiger partial charge in [-0.15, -0.1) is 11.8 Å². The number of benzene rings is 2. The third-order valence-corrected chi connectivity index (χ3v) is 9.71. The van der Waals surface area contributed by atoms with Crippen LogP contribution >= 0.6 is 11.8 Å².